The zero-order valence-corrected chi connectivity index (χ0v) is 10.4. The van der Waals surface area contributed by atoms with Gasteiger partial charge < -0.3 is 14.9 Å². The van der Waals surface area contributed by atoms with Gasteiger partial charge in [0.2, 0.25) is 0 Å². The third-order valence-electron chi connectivity index (χ3n) is 2.03. The van der Waals surface area contributed by atoms with Crippen molar-refractivity contribution in [2.45, 2.75) is 0 Å². The number of nitro groups is 1. The quantitative estimate of drug-likeness (QED) is 0.629. The van der Waals surface area contributed by atoms with Crippen LogP contribution in [0.5, 0.6) is 11.5 Å². The zero-order valence-electron chi connectivity index (χ0n) is 8.84. The van der Waals surface area contributed by atoms with Crippen molar-refractivity contribution in [1.82, 2.24) is 4.98 Å². The molecule has 0 amide bonds. The van der Waals surface area contributed by atoms with Gasteiger partial charge >= 0.3 is 5.82 Å². The van der Waals surface area contributed by atoms with Crippen molar-refractivity contribution in [2.24, 2.45) is 0 Å². The Labute approximate surface area is 112 Å². The minimum Gasteiger partial charge on any atom is -0.453 e. The summed E-state index contributed by atoms with van der Waals surface area (Å²) in [4.78, 5) is 13.5. The first kappa shape index (κ1) is 12.6. The van der Waals surface area contributed by atoms with Crippen molar-refractivity contribution >= 4 is 29.0 Å². The summed E-state index contributed by atoms with van der Waals surface area (Å²) in [5.41, 5.74) is 0. The molecule has 0 N–H and O–H groups in total. The first-order valence-electron chi connectivity index (χ1n) is 4.79. The molecule has 1 aromatic carbocycles. The summed E-state index contributed by atoms with van der Waals surface area (Å²) in [5, 5.41) is 11.2. The lowest BCUT2D eigenvalue weighted by molar-refractivity contribution is -0.389. The van der Waals surface area contributed by atoms with E-state index >= 15 is 0 Å². The molecule has 2 aromatic rings. The molecule has 18 heavy (non-hydrogen) atoms. The monoisotopic (exact) mass is 284 g/mol. The van der Waals surface area contributed by atoms with Gasteiger partial charge in [-0.2, -0.15) is 0 Å². The van der Waals surface area contributed by atoms with Gasteiger partial charge in [-0.05, 0) is 28.1 Å². The number of pyridine rings is 1. The average Bonchev–Trinajstić information content (AvgIpc) is 2.34. The molecule has 0 fully saturated rings. The molecule has 1 aromatic heterocycles. The summed E-state index contributed by atoms with van der Waals surface area (Å²) in [6, 6.07) is 7.49. The van der Waals surface area contributed by atoms with Crippen molar-refractivity contribution < 1.29 is 9.66 Å². The maximum atomic E-state index is 10.4. The molecule has 1 heterocycles. The van der Waals surface area contributed by atoms with Crippen molar-refractivity contribution in [1.29, 1.82) is 0 Å². The van der Waals surface area contributed by atoms with Crippen LogP contribution in [0.25, 0.3) is 0 Å². The first-order chi connectivity index (χ1) is 8.56. The van der Waals surface area contributed by atoms with E-state index in [-0.39, 0.29) is 5.82 Å². The predicted molar refractivity (Wildman–Crippen MR) is 67.4 cm³/mol. The highest BCUT2D eigenvalue weighted by molar-refractivity contribution is 6.42. The van der Waals surface area contributed by atoms with Crippen molar-refractivity contribution in [3.63, 3.8) is 0 Å². The van der Waals surface area contributed by atoms with Gasteiger partial charge in [0.25, 0.3) is 0 Å². The molecule has 0 aliphatic rings. The van der Waals surface area contributed by atoms with Gasteiger partial charge in [0.1, 0.15) is 5.75 Å². The van der Waals surface area contributed by atoms with Gasteiger partial charge in [-0.1, -0.05) is 23.2 Å². The van der Waals surface area contributed by atoms with Gasteiger partial charge in [0.15, 0.2) is 11.9 Å². The highest BCUT2D eigenvalue weighted by atomic mass is 35.5. The Hall–Kier alpha value is -1.85. The fraction of sp³-hybridized carbons (Fsp3) is 0. The van der Waals surface area contributed by atoms with Crippen LogP contribution in [0, 0.1) is 10.1 Å². The number of benzene rings is 1. The van der Waals surface area contributed by atoms with Crippen molar-refractivity contribution in [3.8, 4) is 11.5 Å². The van der Waals surface area contributed by atoms with Gasteiger partial charge in [-0.15, -0.1) is 0 Å². The Morgan fingerprint density at radius 1 is 1.11 bits per heavy atom. The van der Waals surface area contributed by atoms with Crippen molar-refractivity contribution in [2.75, 3.05) is 0 Å². The summed E-state index contributed by atoms with van der Waals surface area (Å²) in [7, 11) is 0. The lowest BCUT2D eigenvalue weighted by Gasteiger charge is -2.04. The zero-order chi connectivity index (χ0) is 13.1. The number of ether oxygens (including phenoxy) is 1. The van der Waals surface area contributed by atoms with Crippen LogP contribution in [0.3, 0.4) is 0 Å². The smallest absolute Gasteiger partial charge is 0.363 e. The molecule has 0 spiro atoms. The van der Waals surface area contributed by atoms with Gasteiger partial charge in [-0.25, -0.2) is 0 Å². The fourth-order valence-electron chi connectivity index (χ4n) is 1.22. The predicted octanol–water partition coefficient (Wildman–Crippen LogP) is 4.09. The van der Waals surface area contributed by atoms with Gasteiger partial charge in [0.05, 0.1) is 10.0 Å². The highest BCUT2D eigenvalue weighted by Crippen LogP contribution is 2.29. The highest BCUT2D eigenvalue weighted by Gasteiger charge is 2.08. The van der Waals surface area contributed by atoms with Crippen LogP contribution < -0.4 is 4.74 Å². The second kappa shape index (κ2) is 5.20. The summed E-state index contributed by atoms with van der Waals surface area (Å²) < 4.78 is 5.42. The second-order valence-electron chi connectivity index (χ2n) is 3.29. The minimum absolute atomic E-state index is 0.239. The molecule has 0 unspecified atom stereocenters. The summed E-state index contributed by atoms with van der Waals surface area (Å²) >= 11 is 11.6. The maximum Gasteiger partial charge on any atom is 0.363 e. The lowest BCUT2D eigenvalue weighted by atomic mass is 10.3. The Morgan fingerprint density at radius 2 is 1.83 bits per heavy atom. The molecule has 0 saturated carbocycles. The molecule has 0 bridgehead atoms. The van der Waals surface area contributed by atoms with Crippen LogP contribution in [0.4, 0.5) is 5.82 Å². The Kier molecular flexibility index (Phi) is 3.64. The van der Waals surface area contributed by atoms with E-state index in [9.17, 15) is 10.1 Å². The van der Waals surface area contributed by atoms with E-state index in [1.54, 1.807) is 18.2 Å². The van der Waals surface area contributed by atoms with Crippen LogP contribution in [-0.2, 0) is 0 Å². The Bertz CT molecular complexity index is 587. The SMILES string of the molecule is O=[N+]([O-])c1ccc(Oc2ccc(Cl)c(Cl)c2)cn1. The molecule has 0 saturated heterocycles. The molecule has 2 rings (SSSR count). The van der Waals surface area contributed by atoms with Crippen molar-refractivity contribution in [3.05, 3.63) is 56.7 Å². The molecule has 0 atom stereocenters. The largest absolute Gasteiger partial charge is 0.453 e. The van der Waals surface area contributed by atoms with Crippen LogP contribution >= 0.6 is 23.2 Å². The van der Waals surface area contributed by atoms with E-state index in [2.05, 4.69) is 4.98 Å². The van der Waals surface area contributed by atoms with Gasteiger partial charge in [-0.3, -0.25) is 0 Å². The Morgan fingerprint density at radius 3 is 2.39 bits per heavy atom. The molecule has 0 radical (unpaired) electrons. The first-order valence-corrected chi connectivity index (χ1v) is 5.55. The summed E-state index contributed by atoms with van der Waals surface area (Å²) in [6.45, 7) is 0. The normalized spacial score (nSPS) is 10.1. The molecule has 5 nitrogen and oxygen atoms in total. The van der Waals surface area contributed by atoms with Crippen LogP contribution in [-0.4, -0.2) is 9.91 Å². The van der Waals surface area contributed by atoms with E-state index < -0.39 is 4.92 Å². The summed E-state index contributed by atoms with van der Waals surface area (Å²) in [6.07, 6.45) is 1.26. The number of nitrogens with zero attached hydrogens (tertiary/aromatic N) is 2. The number of hydrogen-bond acceptors (Lipinski definition) is 4. The molecule has 0 aliphatic heterocycles. The fourth-order valence-corrected chi connectivity index (χ4v) is 1.51. The van der Waals surface area contributed by atoms with E-state index in [4.69, 9.17) is 27.9 Å². The standard InChI is InChI=1S/C11H6Cl2N2O3/c12-9-3-1-7(5-10(9)13)18-8-2-4-11(14-6-8)15(16)17/h1-6H. The van der Waals surface area contributed by atoms with Crippen LogP contribution in [0.2, 0.25) is 10.0 Å². The molecular weight excluding hydrogens is 279 g/mol. The second-order valence-corrected chi connectivity index (χ2v) is 4.10. The average molecular weight is 285 g/mol. The topological polar surface area (TPSA) is 65.3 Å². The maximum absolute atomic E-state index is 10.4. The third-order valence-corrected chi connectivity index (χ3v) is 2.77. The lowest BCUT2D eigenvalue weighted by Crippen LogP contribution is -1.92. The molecule has 92 valence electrons. The van der Waals surface area contributed by atoms with Gasteiger partial charge in [0, 0.05) is 12.1 Å². The number of aromatic nitrogens is 1. The number of rotatable bonds is 3. The van der Waals surface area contributed by atoms with E-state index in [1.165, 1.54) is 18.3 Å². The third kappa shape index (κ3) is 2.88. The minimum atomic E-state index is -0.580. The molecule has 7 heteroatoms. The Balaban J connectivity index is 2.18. The molecular formula is C11H6Cl2N2O3. The van der Waals surface area contributed by atoms with Crippen LogP contribution in [0.15, 0.2) is 36.5 Å². The van der Waals surface area contributed by atoms with E-state index in [0.717, 1.165) is 0 Å². The summed E-state index contributed by atoms with van der Waals surface area (Å²) in [5.74, 6) is 0.607. The number of halogens is 2. The number of hydrogen-bond donors (Lipinski definition) is 0. The van der Waals surface area contributed by atoms with E-state index in [1.807, 2.05) is 0 Å². The molecule has 0 aliphatic carbocycles. The van der Waals surface area contributed by atoms with E-state index in [0.29, 0.717) is 21.5 Å². The van der Waals surface area contributed by atoms with Crippen LogP contribution in [0.1, 0.15) is 0 Å².